The number of non-ortho nitro benzene ring substituents is 1. The maximum Gasteiger partial charge on any atom is 0.293 e. The Bertz CT molecular complexity index is 1450. The van der Waals surface area contributed by atoms with E-state index in [1.54, 1.807) is 30.3 Å². The fourth-order valence-corrected chi connectivity index (χ4v) is 4.82. The lowest BCUT2D eigenvalue weighted by Crippen LogP contribution is -2.27. The van der Waals surface area contributed by atoms with E-state index in [0.717, 1.165) is 28.0 Å². The molecule has 1 saturated heterocycles. The molecule has 2 heterocycles. The van der Waals surface area contributed by atoms with Crippen molar-refractivity contribution in [1.82, 2.24) is 9.47 Å². The molecule has 1 aromatic heterocycles. The molecule has 2 amide bonds. The van der Waals surface area contributed by atoms with Crippen LogP contribution in [0.15, 0.2) is 53.4 Å². The van der Waals surface area contributed by atoms with E-state index in [-0.39, 0.29) is 17.1 Å². The first-order valence-electron chi connectivity index (χ1n) is 10.5. The molecule has 1 aliphatic rings. The van der Waals surface area contributed by atoms with Gasteiger partial charge in [-0.05, 0) is 61.0 Å². The van der Waals surface area contributed by atoms with E-state index in [1.165, 1.54) is 25.3 Å². The molecule has 0 saturated carbocycles. The number of nitro groups is 1. The van der Waals surface area contributed by atoms with Gasteiger partial charge in [-0.3, -0.25) is 24.6 Å². The van der Waals surface area contributed by atoms with E-state index in [0.29, 0.717) is 28.1 Å². The highest BCUT2D eigenvalue weighted by molar-refractivity contribution is 8.18. The fourth-order valence-electron chi connectivity index (χ4n) is 3.99. The lowest BCUT2D eigenvalue weighted by Gasteiger charge is -2.14. The average molecular weight is 489 g/mol. The minimum Gasteiger partial charge on any atom is -0.495 e. The molecule has 10 heteroatoms. The summed E-state index contributed by atoms with van der Waals surface area (Å²) in [5, 5.41) is 20.2. The number of hydrogen-bond donors (Lipinski definition) is 0. The number of aryl methyl sites for hydroxylation is 1. The zero-order chi connectivity index (χ0) is 25.3. The van der Waals surface area contributed by atoms with Crippen LogP contribution in [0.5, 0.6) is 5.75 Å². The monoisotopic (exact) mass is 488 g/mol. The van der Waals surface area contributed by atoms with E-state index in [4.69, 9.17) is 4.74 Å². The third kappa shape index (κ3) is 4.41. The van der Waals surface area contributed by atoms with Crippen molar-refractivity contribution in [3.8, 4) is 17.5 Å². The molecule has 0 atom stereocenters. The van der Waals surface area contributed by atoms with Gasteiger partial charge in [0.05, 0.1) is 40.8 Å². The zero-order valence-corrected chi connectivity index (χ0v) is 20.0. The number of ether oxygens (including phenoxy) is 1. The number of nitrogens with zero attached hydrogens (tertiary/aromatic N) is 4. The summed E-state index contributed by atoms with van der Waals surface area (Å²) in [4.78, 5) is 37.9. The Morgan fingerprint density at radius 1 is 1.17 bits per heavy atom. The molecule has 0 N–H and O–H groups in total. The second kappa shape index (κ2) is 9.48. The lowest BCUT2D eigenvalue weighted by molar-refractivity contribution is -0.384. The molecule has 0 bridgehead atoms. The van der Waals surface area contributed by atoms with Crippen LogP contribution in [0.25, 0.3) is 11.8 Å². The van der Waals surface area contributed by atoms with Crippen LogP contribution in [0.2, 0.25) is 0 Å². The summed E-state index contributed by atoms with van der Waals surface area (Å²) < 4.78 is 7.23. The Morgan fingerprint density at radius 2 is 1.91 bits per heavy atom. The number of benzene rings is 2. The summed E-state index contributed by atoms with van der Waals surface area (Å²) >= 11 is 0.835. The molecule has 9 nitrogen and oxygen atoms in total. The number of aromatic nitrogens is 1. The number of amides is 2. The van der Waals surface area contributed by atoms with Crippen molar-refractivity contribution in [3.63, 3.8) is 0 Å². The van der Waals surface area contributed by atoms with Gasteiger partial charge in [-0.15, -0.1) is 0 Å². The number of rotatable bonds is 6. The fraction of sp³-hybridized carbons (Fsp3) is 0.160. The van der Waals surface area contributed by atoms with Gasteiger partial charge in [0.15, 0.2) is 0 Å². The first-order chi connectivity index (χ1) is 16.7. The van der Waals surface area contributed by atoms with Crippen LogP contribution < -0.4 is 4.74 Å². The highest BCUT2D eigenvalue weighted by Crippen LogP contribution is 2.36. The van der Waals surface area contributed by atoms with Crippen LogP contribution in [-0.2, 0) is 11.3 Å². The van der Waals surface area contributed by atoms with Crippen LogP contribution in [0.1, 0.15) is 28.1 Å². The Morgan fingerprint density at radius 3 is 2.60 bits per heavy atom. The van der Waals surface area contributed by atoms with Gasteiger partial charge in [-0.25, -0.2) is 0 Å². The van der Waals surface area contributed by atoms with Crippen LogP contribution >= 0.6 is 11.8 Å². The van der Waals surface area contributed by atoms with Crippen molar-refractivity contribution in [2.45, 2.75) is 20.4 Å². The number of hydrogen-bond acceptors (Lipinski definition) is 7. The average Bonchev–Trinajstić information content (AvgIpc) is 3.27. The van der Waals surface area contributed by atoms with E-state index in [2.05, 4.69) is 6.07 Å². The topological polar surface area (TPSA) is 118 Å². The molecule has 2 aromatic carbocycles. The summed E-state index contributed by atoms with van der Waals surface area (Å²) in [6.45, 7) is 3.67. The molecule has 1 aliphatic heterocycles. The summed E-state index contributed by atoms with van der Waals surface area (Å²) in [6, 6.07) is 15.1. The second-order valence-electron chi connectivity index (χ2n) is 7.81. The smallest absolute Gasteiger partial charge is 0.293 e. The molecule has 1 fully saturated rings. The first kappa shape index (κ1) is 23.8. The van der Waals surface area contributed by atoms with Gasteiger partial charge < -0.3 is 9.30 Å². The second-order valence-corrected chi connectivity index (χ2v) is 8.81. The molecule has 176 valence electrons. The predicted octanol–water partition coefficient (Wildman–Crippen LogP) is 5.12. The Hall–Kier alpha value is -4.36. The summed E-state index contributed by atoms with van der Waals surface area (Å²) in [5.41, 5.74) is 3.61. The molecule has 0 aliphatic carbocycles. The SMILES string of the molecule is COc1ccc([N+](=O)[O-])cc1-n1c(C)cc(/C=C2/SC(=O)N(Cc3ccccc3C#N)C2=O)c1C. The Labute approximate surface area is 205 Å². The van der Waals surface area contributed by atoms with Gasteiger partial charge in [-0.1, -0.05) is 18.2 Å². The van der Waals surface area contributed by atoms with Crippen molar-refractivity contribution < 1.29 is 19.2 Å². The highest BCUT2D eigenvalue weighted by atomic mass is 32.2. The molecule has 3 aromatic rings. The molecule has 35 heavy (non-hydrogen) atoms. The minimum atomic E-state index is -0.474. The minimum absolute atomic E-state index is 0.00957. The quantitative estimate of drug-likeness (QED) is 0.268. The van der Waals surface area contributed by atoms with Crippen molar-refractivity contribution in [2.24, 2.45) is 0 Å². The molecule has 0 spiro atoms. The third-order valence-corrected chi connectivity index (χ3v) is 6.62. The van der Waals surface area contributed by atoms with E-state index < -0.39 is 16.1 Å². The maximum atomic E-state index is 13.0. The lowest BCUT2D eigenvalue weighted by atomic mass is 10.1. The van der Waals surface area contributed by atoms with Crippen LogP contribution in [0.4, 0.5) is 10.5 Å². The van der Waals surface area contributed by atoms with Crippen molar-refractivity contribution in [1.29, 1.82) is 5.26 Å². The number of thioether (sulfide) groups is 1. The number of nitro benzene ring substituents is 1. The standard InChI is InChI=1S/C25H20N4O5S/c1-15-10-19(16(2)28(15)21-12-20(29(32)33)8-9-22(21)34-3)11-23-24(30)27(25(31)35-23)14-18-7-5-4-6-17(18)13-26/h4-12H,14H2,1-3H3/b23-11+. The first-order valence-corrected chi connectivity index (χ1v) is 11.3. The number of methoxy groups -OCH3 is 1. The molecular formula is C25H20N4O5S. The third-order valence-electron chi connectivity index (χ3n) is 5.71. The number of nitriles is 1. The van der Waals surface area contributed by atoms with Crippen molar-refractivity contribution in [2.75, 3.05) is 7.11 Å². The molecule has 0 unspecified atom stereocenters. The summed E-state index contributed by atoms with van der Waals surface area (Å²) in [6.07, 6.45) is 1.64. The van der Waals surface area contributed by atoms with E-state index in [1.807, 2.05) is 24.5 Å². The summed E-state index contributed by atoms with van der Waals surface area (Å²) in [7, 11) is 1.49. The van der Waals surface area contributed by atoms with E-state index in [9.17, 15) is 25.0 Å². The maximum absolute atomic E-state index is 13.0. The zero-order valence-electron chi connectivity index (χ0n) is 19.1. The Balaban J connectivity index is 1.69. The van der Waals surface area contributed by atoms with Crippen LogP contribution in [0.3, 0.4) is 0 Å². The van der Waals surface area contributed by atoms with Gasteiger partial charge in [0, 0.05) is 23.5 Å². The largest absolute Gasteiger partial charge is 0.495 e. The predicted molar refractivity (Wildman–Crippen MR) is 131 cm³/mol. The molecule has 0 radical (unpaired) electrons. The Kier molecular flexibility index (Phi) is 6.44. The molecular weight excluding hydrogens is 468 g/mol. The van der Waals surface area contributed by atoms with Gasteiger partial charge >= 0.3 is 0 Å². The number of carbonyl (C=O) groups is 2. The van der Waals surface area contributed by atoms with Crippen molar-refractivity contribution in [3.05, 3.63) is 91.6 Å². The van der Waals surface area contributed by atoms with E-state index >= 15 is 0 Å². The number of carbonyl (C=O) groups excluding carboxylic acids is 2. The van der Waals surface area contributed by atoms with Crippen LogP contribution in [-0.4, -0.2) is 32.6 Å². The molecule has 4 rings (SSSR count). The van der Waals surface area contributed by atoms with Gasteiger partial charge in [-0.2, -0.15) is 5.26 Å². The highest BCUT2D eigenvalue weighted by Gasteiger charge is 2.35. The van der Waals surface area contributed by atoms with Gasteiger partial charge in [0.25, 0.3) is 16.8 Å². The van der Waals surface area contributed by atoms with Crippen molar-refractivity contribution >= 4 is 34.7 Å². The normalized spacial score (nSPS) is 14.5. The van der Waals surface area contributed by atoms with Gasteiger partial charge in [0.2, 0.25) is 0 Å². The number of imide groups is 1. The van der Waals surface area contributed by atoms with Gasteiger partial charge in [0.1, 0.15) is 5.75 Å². The summed E-state index contributed by atoms with van der Waals surface area (Å²) in [5.74, 6) is 0.0194. The van der Waals surface area contributed by atoms with Crippen LogP contribution in [0, 0.1) is 35.3 Å².